The van der Waals surface area contributed by atoms with E-state index in [9.17, 15) is 5.11 Å². The monoisotopic (exact) mass is 339 g/mol. The predicted molar refractivity (Wildman–Crippen MR) is 77.7 cm³/mol. The number of methoxy groups -OCH3 is 2. The average Bonchev–Trinajstić information content (AvgIpc) is 2.36. The minimum absolute atomic E-state index is 0. The van der Waals surface area contributed by atoms with Gasteiger partial charge in [-0.1, -0.05) is 6.92 Å². The number of benzene rings is 1. The van der Waals surface area contributed by atoms with Crippen molar-refractivity contribution in [2.75, 3.05) is 14.2 Å². The van der Waals surface area contributed by atoms with Gasteiger partial charge in [-0.15, -0.1) is 12.4 Å². The second-order valence-corrected chi connectivity index (χ2v) is 4.58. The first-order chi connectivity index (χ1) is 8.04. The van der Waals surface area contributed by atoms with Crippen molar-refractivity contribution in [1.82, 2.24) is 0 Å². The molecule has 1 aromatic carbocycles. The molecule has 0 saturated carbocycles. The molecule has 0 aliphatic heterocycles. The normalized spacial score (nSPS) is 13.4. The molecule has 0 fully saturated rings. The topological polar surface area (TPSA) is 64.7 Å². The van der Waals surface area contributed by atoms with Crippen molar-refractivity contribution < 1.29 is 14.6 Å². The Bertz CT molecular complexity index is 390. The van der Waals surface area contributed by atoms with Crippen LogP contribution in [0, 0.1) is 0 Å². The summed E-state index contributed by atoms with van der Waals surface area (Å²) < 4.78 is 11.3. The molecule has 0 saturated heterocycles. The van der Waals surface area contributed by atoms with Crippen LogP contribution in [0.4, 0.5) is 0 Å². The van der Waals surface area contributed by atoms with E-state index >= 15 is 0 Å². The van der Waals surface area contributed by atoms with Gasteiger partial charge in [0.25, 0.3) is 0 Å². The van der Waals surface area contributed by atoms with Crippen LogP contribution in [0.25, 0.3) is 0 Å². The number of halogens is 2. The minimum atomic E-state index is -0.602. The Hall–Kier alpha value is -0.490. The third-order valence-corrected chi connectivity index (χ3v) is 3.32. The van der Waals surface area contributed by atoms with Crippen LogP contribution < -0.4 is 15.2 Å². The van der Waals surface area contributed by atoms with Crippen LogP contribution in [0.1, 0.15) is 24.9 Å². The molecular formula is C12H19BrClNO3. The van der Waals surface area contributed by atoms with Gasteiger partial charge < -0.3 is 20.3 Å². The molecule has 1 aromatic rings. The predicted octanol–water partition coefficient (Wildman–Crippen LogP) is 2.66. The number of aliphatic hydroxyl groups excluding tert-OH is 1. The number of ether oxygens (including phenoxy) is 2. The Morgan fingerprint density at radius 3 is 2.28 bits per heavy atom. The van der Waals surface area contributed by atoms with Gasteiger partial charge in [-0.05, 0) is 34.5 Å². The number of aliphatic hydroxyl groups is 1. The summed E-state index contributed by atoms with van der Waals surface area (Å²) in [7, 11) is 3.15. The second kappa shape index (κ2) is 7.84. The van der Waals surface area contributed by atoms with E-state index in [1.165, 1.54) is 0 Å². The molecule has 104 valence electrons. The summed E-state index contributed by atoms with van der Waals surface area (Å²) >= 11 is 3.38. The summed E-state index contributed by atoms with van der Waals surface area (Å²) in [6, 6.07) is 3.08. The zero-order valence-corrected chi connectivity index (χ0v) is 13.0. The molecule has 3 N–H and O–H groups in total. The van der Waals surface area contributed by atoms with Crippen molar-refractivity contribution in [3.63, 3.8) is 0 Å². The molecule has 4 nitrogen and oxygen atoms in total. The van der Waals surface area contributed by atoms with Crippen LogP contribution in [0.5, 0.6) is 11.5 Å². The van der Waals surface area contributed by atoms with Crippen molar-refractivity contribution in [1.29, 1.82) is 0 Å². The molecule has 6 heteroatoms. The summed E-state index contributed by atoms with van der Waals surface area (Å²) in [6.45, 7) is 1.88. The van der Waals surface area contributed by atoms with Crippen LogP contribution in [0.2, 0.25) is 0 Å². The van der Waals surface area contributed by atoms with Gasteiger partial charge in [-0.2, -0.15) is 0 Å². The third-order valence-electron chi connectivity index (χ3n) is 2.70. The van der Waals surface area contributed by atoms with Crippen molar-refractivity contribution >= 4 is 28.3 Å². The fraction of sp³-hybridized carbons (Fsp3) is 0.500. The number of hydrogen-bond donors (Lipinski definition) is 2. The first-order valence-corrected chi connectivity index (χ1v) is 6.19. The Balaban J connectivity index is 0.00000289. The maximum absolute atomic E-state index is 9.80. The molecule has 0 radical (unpaired) electrons. The van der Waals surface area contributed by atoms with Gasteiger partial charge in [0.2, 0.25) is 0 Å². The summed E-state index contributed by atoms with van der Waals surface area (Å²) in [5.74, 6) is 1.30. The summed E-state index contributed by atoms with van der Waals surface area (Å²) in [4.78, 5) is 0. The van der Waals surface area contributed by atoms with Gasteiger partial charge in [-0.25, -0.2) is 0 Å². The first-order valence-electron chi connectivity index (χ1n) is 5.40. The average molecular weight is 341 g/mol. The van der Waals surface area contributed by atoms with Crippen LogP contribution in [-0.4, -0.2) is 25.4 Å². The molecule has 2 atom stereocenters. The van der Waals surface area contributed by atoms with E-state index in [2.05, 4.69) is 15.9 Å². The SMILES string of the molecule is CC[C@@H](O)[C@@H](N)c1cc(OC)c(Br)cc1OC.Cl. The number of nitrogens with two attached hydrogens (primary N) is 1. The lowest BCUT2D eigenvalue weighted by molar-refractivity contribution is 0.139. The van der Waals surface area contributed by atoms with E-state index in [-0.39, 0.29) is 12.4 Å². The van der Waals surface area contributed by atoms with Crippen LogP contribution in [0.3, 0.4) is 0 Å². The van der Waals surface area contributed by atoms with E-state index < -0.39 is 12.1 Å². The van der Waals surface area contributed by atoms with Crippen LogP contribution in [0.15, 0.2) is 16.6 Å². The molecule has 0 unspecified atom stereocenters. The third kappa shape index (κ3) is 3.75. The van der Waals surface area contributed by atoms with Crippen molar-refractivity contribution in [2.24, 2.45) is 5.73 Å². The standard InChI is InChI=1S/C12H18BrNO3.ClH/c1-4-9(15)12(14)7-5-11(17-3)8(13)6-10(7)16-2;/h5-6,9,12,15H,4,14H2,1-3H3;1H/t9-,12+;/m1./s1. The number of rotatable bonds is 5. The lowest BCUT2D eigenvalue weighted by atomic mass is 9.99. The second-order valence-electron chi connectivity index (χ2n) is 3.73. The fourth-order valence-corrected chi connectivity index (χ4v) is 2.09. The van der Waals surface area contributed by atoms with E-state index in [0.29, 0.717) is 17.9 Å². The van der Waals surface area contributed by atoms with E-state index in [4.69, 9.17) is 15.2 Å². The summed E-state index contributed by atoms with van der Waals surface area (Å²) in [5, 5.41) is 9.80. The highest BCUT2D eigenvalue weighted by Crippen LogP contribution is 2.36. The van der Waals surface area contributed by atoms with E-state index in [1.54, 1.807) is 26.4 Å². The van der Waals surface area contributed by atoms with Gasteiger partial charge in [-0.3, -0.25) is 0 Å². The molecule has 0 heterocycles. The molecular weight excluding hydrogens is 321 g/mol. The Kier molecular flexibility index (Phi) is 7.62. The number of hydrogen-bond acceptors (Lipinski definition) is 4. The largest absolute Gasteiger partial charge is 0.496 e. The Morgan fingerprint density at radius 2 is 1.83 bits per heavy atom. The van der Waals surface area contributed by atoms with E-state index in [0.717, 1.165) is 10.0 Å². The van der Waals surface area contributed by atoms with Gasteiger partial charge >= 0.3 is 0 Å². The maximum atomic E-state index is 9.80. The molecule has 1 rings (SSSR count). The van der Waals surface area contributed by atoms with Crippen molar-refractivity contribution in [2.45, 2.75) is 25.5 Å². The van der Waals surface area contributed by atoms with Gasteiger partial charge in [0.1, 0.15) is 11.5 Å². The molecule has 0 aromatic heterocycles. The zero-order valence-electron chi connectivity index (χ0n) is 10.6. The molecule has 0 aliphatic rings. The highest BCUT2D eigenvalue weighted by Gasteiger charge is 2.21. The minimum Gasteiger partial charge on any atom is -0.496 e. The lowest BCUT2D eigenvalue weighted by Gasteiger charge is -2.21. The molecule has 0 aliphatic carbocycles. The van der Waals surface area contributed by atoms with Gasteiger partial charge in [0.05, 0.1) is 30.8 Å². The lowest BCUT2D eigenvalue weighted by Crippen LogP contribution is -2.26. The maximum Gasteiger partial charge on any atom is 0.133 e. The van der Waals surface area contributed by atoms with Crippen LogP contribution in [-0.2, 0) is 0 Å². The molecule has 0 bridgehead atoms. The quantitative estimate of drug-likeness (QED) is 0.865. The van der Waals surface area contributed by atoms with Gasteiger partial charge in [0, 0.05) is 5.56 Å². The first kappa shape index (κ1) is 17.5. The molecule has 0 amide bonds. The smallest absolute Gasteiger partial charge is 0.133 e. The highest BCUT2D eigenvalue weighted by atomic mass is 79.9. The van der Waals surface area contributed by atoms with Crippen LogP contribution >= 0.6 is 28.3 Å². The van der Waals surface area contributed by atoms with Crippen molar-refractivity contribution in [3.05, 3.63) is 22.2 Å². The van der Waals surface area contributed by atoms with Crippen molar-refractivity contribution in [3.8, 4) is 11.5 Å². The highest BCUT2D eigenvalue weighted by molar-refractivity contribution is 9.10. The molecule has 0 spiro atoms. The summed E-state index contributed by atoms with van der Waals surface area (Å²) in [5.41, 5.74) is 6.74. The van der Waals surface area contributed by atoms with E-state index in [1.807, 2.05) is 6.92 Å². The van der Waals surface area contributed by atoms with Gasteiger partial charge in [0.15, 0.2) is 0 Å². The molecule has 18 heavy (non-hydrogen) atoms. The summed E-state index contributed by atoms with van der Waals surface area (Å²) in [6.07, 6.45) is -0.0160. The zero-order chi connectivity index (χ0) is 13.0. The fourth-order valence-electron chi connectivity index (χ4n) is 1.61. The Labute approximate surface area is 122 Å². The Morgan fingerprint density at radius 1 is 1.28 bits per heavy atom.